The van der Waals surface area contributed by atoms with Gasteiger partial charge in [0.05, 0.1) is 30.5 Å². The van der Waals surface area contributed by atoms with Crippen LogP contribution >= 0.6 is 0 Å². The molecule has 6 heteroatoms. The summed E-state index contributed by atoms with van der Waals surface area (Å²) in [5, 5.41) is 38.7. The van der Waals surface area contributed by atoms with Crippen molar-refractivity contribution in [2.75, 3.05) is 0 Å². The van der Waals surface area contributed by atoms with Crippen molar-refractivity contribution in [1.29, 1.82) is 0 Å². The lowest BCUT2D eigenvalue weighted by molar-refractivity contribution is -0.136. The van der Waals surface area contributed by atoms with Crippen LogP contribution in [0.2, 0.25) is 0 Å². The molecule has 0 aromatic rings. The first-order valence-electron chi connectivity index (χ1n) is 9.98. The van der Waals surface area contributed by atoms with E-state index in [1.54, 1.807) is 0 Å². The van der Waals surface area contributed by atoms with Gasteiger partial charge in [0.1, 0.15) is 0 Å². The number of allylic oxidation sites excluding steroid dienone is 4. The van der Waals surface area contributed by atoms with Crippen molar-refractivity contribution in [1.82, 2.24) is 0 Å². The maximum absolute atomic E-state index is 10.4. The lowest BCUT2D eigenvalue weighted by Gasteiger charge is -2.16. The van der Waals surface area contributed by atoms with E-state index in [2.05, 4.69) is 0 Å². The molecule has 0 amide bonds. The third-order valence-corrected chi connectivity index (χ3v) is 4.44. The van der Waals surface area contributed by atoms with Gasteiger partial charge >= 0.3 is 5.97 Å². The van der Waals surface area contributed by atoms with E-state index in [0.717, 1.165) is 6.42 Å². The van der Waals surface area contributed by atoms with Gasteiger partial charge in [-0.3, -0.25) is 4.79 Å². The molecule has 1 rings (SSSR count). The largest absolute Gasteiger partial charge is 0.481 e. The zero-order chi connectivity index (χ0) is 20.8. The van der Waals surface area contributed by atoms with Gasteiger partial charge in [0, 0.05) is 12.8 Å². The SMILES string of the molecule is CC/C=C\CC1OC(C(O)/C=C/C(O)C/C=C\C/C=C\CCC(=O)O)CC1O. The molecule has 1 saturated heterocycles. The monoisotopic (exact) mass is 394 g/mol. The normalized spacial score (nSPS) is 25.5. The second-order valence-corrected chi connectivity index (χ2v) is 6.92. The Morgan fingerprint density at radius 2 is 1.86 bits per heavy atom. The van der Waals surface area contributed by atoms with E-state index < -0.39 is 30.4 Å². The van der Waals surface area contributed by atoms with Crippen LogP contribution in [-0.4, -0.2) is 56.9 Å². The Morgan fingerprint density at radius 3 is 2.57 bits per heavy atom. The van der Waals surface area contributed by atoms with Crippen LogP contribution in [0.4, 0.5) is 0 Å². The maximum atomic E-state index is 10.4. The fourth-order valence-corrected chi connectivity index (χ4v) is 2.87. The lowest BCUT2D eigenvalue weighted by Crippen LogP contribution is -2.24. The summed E-state index contributed by atoms with van der Waals surface area (Å²) in [7, 11) is 0. The highest BCUT2D eigenvalue weighted by molar-refractivity contribution is 5.66. The third kappa shape index (κ3) is 10.6. The van der Waals surface area contributed by atoms with E-state index in [0.29, 0.717) is 32.1 Å². The molecule has 0 saturated carbocycles. The summed E-state index contributed by atoms with van der Waals surface area (Å²) in [5.41, 5.74) is 0. The van der Waals surface area contributed by atoms with Gasteiger partial charge in [0.2, 0.25) is 0 Å². The molecule has 0 radical (unpaired) electrons. The molecule has 28 heavy (non-hydrogen) atoms. The molecule has 1 aliphatic heterocycles. The Hall–Kier alpha value is -1.73. The molecule has 1 aliphatic rings. The summed E-state index contributed by atoms with van der Waals surface area (Å²) < 4.78 is 5.73. The number of ether oxygens (including phenoxy) is 1. The van der Waals surface area contributed by atoms with Gasteiger partial charge in [-0.2, -0.15) is 0 Å². The number of hydrogen-bond donors (Lipinski definition) is 4. The van der Waals surface area contributed by atoms with Gasteiger partial charge in [0.15, 0.2) is 0 Å². The van der Waals surface area contributed by atoms with Crippen molar-refractivity contribution in [3.63, 3.8) is 0 Å². The minimum absolute atomic E-state index is 0.129. The molecule has 1 heterocycles. The van der Waals surface area contributed by atoms with E-state index in [1.165, 1.54) is 12.2 Å². The first-order chi connectivity index (χ1) is 13.4. The van der Waals surface area contributed by atoms with E-state index >= 15 is 0 Å². The van der Waals surface area contributed by atoms with Gasteiger partial charge in [0.25, 0.3) is 0 Å². The smallest absolute Gasteiger partial charge is 0.303 e. The maximum Gasteiger partial charge on any atom is 0.303 e. The lowest BCUT2D eigenvalue weighted by atomic mass is 10.0. The molecule has 0 aromatic heterocycles. The molecule has 6 nitrogen and oxygen atoms in total. The van der Waals surface area contributed by atoms with Gasteiger partial charge in [-0.25, -0.2) is 0 Å². The second kappa shape index (κ2) is 14.3. The predicted molar refractivity (Wildman–Crippen MR) is 109 cm³/mol. The third-order valence-electron chi connectivity index (χ3n) is 4.44. The zero-order valence-corrected chi connectivity index (χ0v) is 16.6. The van der Waals surface area contributed by atoms with Crippen LogP contribution in [0.1, 0.15) is 51.9 Å². The highest BCUT2D eigenvalue weighted by Gasteiger charge is 2.36. The number of carboxylic acid groups (broad SMARTS) is 1. The van der Waals surface area contributed by atoms with Crippen LogP contribution in [0.25, 0.3) is 0 Å². The number of carbonyl (C=O) groups is 1. The van der Waals surface area contributed by atoms with E-state index in [-0.39, 0.29) is 12.5 Å². The van der Waals surface area contributed by atoms with Crippen LogP contribution < -0.4 is 0 Å². The average molecular weight is 395 g/mol. The van der Waals surface area contributed by atoms with E-state index in [9.17, 15) is 20.1 Å². The molecular weight excluding hydrogens is 360 g/mol. The van der Waals surface area contributed by atoms with E-state index in [1.807, 2.05) is 43.4 Å². The number of aliphatic carboxylic acids is 1. The molecule has 1 fully saturated rings. The molecule has 0 bridgehead atoms. The molecular formula is C22H34O6. The molecule has 0 aliphatic carbocycles. The van der Waals surface area contributed by atoms with Gasteiger partial charge in [-0.1, -0.05) is 55.5 Å². The van der Waals surface area contributed by atoms with Crippen molar-refractivity contribution in [2.45, 2.75) is 82.4 Å². The summed E-state index contributed by atoms with van der Waals surface area (Å²) in [6, 6.07) is 0. The summed E-state index contributed by atoms with van der Waals surface area (Å²) >= 11 is 0. The summed E-state index contributed by atoms with van der Waals surface area (Å²) in [5.74, 6) is -0.807. The number of rotatable bonds is 13. The highest BCUT2D eigenvalue weighted by atomic mass is 16.5. The Morgan fingerprint density at radius 1 is 1.11 bits per heavy atom. The number of hydrogen-bond acceptors (Lipinski definition) is 5. The molecule has 0 spiro atoms. The summed E-state index contributed by atoms with van der Waals surface area (Å²) in [4.78, 5) is 10.4. The quantitative estimate of drug-likeness (QED) is 0.358. The summed E-state index contributed by atoms with van der Waals surface area (Å²) in [6.07, 6.45) is 15.3. The number of carboxylic acids is 1. The Labute approximate surface area is 167 Å². The Kier molecular flexibility index (Phi) is 12.4. The molecule has 0 aromatic carbocycles. The Bertz CT molecular complexity index is 551. The summed E-state index contributed by atoms with van der Waals surface area (Å²) in [6.45, 7) is 2.04. The van der Waals surface area contributed by atoms with Crippen molar-refractivity contribution in [3.8, 4) is 0 Å². The molecule has 4 N–H and O–H groups in total. The standard InChI is InChI=1S/C22H34O6/c1-2-3-8-12-20-19(25)16-21(28-20)18(24)15-14-17(23)11-9-6-4-5-7-10-13-22(26)27/h3,5-9,14-15,17-21,23-25H,2,4,10-13,16H2,1H3,(H,26,27)/b7-5-,8-3-,9-6-,15-14+. The second-order valence-electron chi connectivity index (χ2n) is 6.92. The van der Waals surface area contributed by atoms with Crippen molar-refractivity contribution >= 4 is 5.97 Å². The van der Waals surface area contributed by atoms with Gasteiger partial charge in [-0.05, 0) is 32.1 Å². The minimum atomic E-state index is -0.870. The number of aliphatic hydroxyl groups excluding tert-OH is 3. The fraction of sp³-hybridized carbons (Fsp3) is 0.591. The zero-order valence-electron chi connectivity index (χ0n) is 16.6. The minimum Gasteiger partial charge on any atom is -0.481 e. The van der Waals surface area contributed by atoms with Crippen LogP contribution in [-0.2, 0) is 9.53 Å². The topological polar surface area (TPSA) is 107 Å². The Balaban J connectivity index is 2.28. The van der Waals surface area contributed by atoms with Crippen LogP contribution in [0.15, 0.2) is 48.6 Å². The number of aliphatic hydroxyl groups is 3. The first kappa shape index (κ1) is 24.3. The van der Waals surface area contributed by atoms with E-state index in [4.69, 9.17) is 9.84 Å². The molecule has 158 valence electrons. The average Bonchev–Trinajstić information content (AvgIpc) is 3.02. The fourth-order valence-electron chi connectivity index (χ4n) is 2.87. The van der Waals surface area contributed by atoms with Crippen LogP contribution in [0.5, 0.6) is 0 Å². The van der Waals surface area contributed by atoms with Gasteiger partial charge in [-0.15, -0.1) is 0 Å². The van der Waals surface area contributed by atoms with Crippen LogP contribution in [0.3, 0.4) is 0 Å². The van der Waals surface area contributed by atoms with Crippen molar-refractivity contribution in [3.05, 3.63) is 48.6 Å². The van der Waals surface area contributed by atoms with Gasteiger partial charge < -0.3 is 25.2 Å². The van der Waals surface area contributed by atoms with Crippen LogP contribution in [0, 0.1) is 0 Å². The van der Waals surface area contributed by atoms with Crippen molar-refractivity contribution in [2.24, 2.45) is 0 Å². The first-order valence-corrected chi connectivity index (χ1v) is 9.98. The highest BCUT2D eigenvalue weighted by Crippen LogP contribution is 2.26. The molecule has 5 unspecified atom stereocenters. The van der Waals surface area contributed by atoms with Crippen molar-refractivity contribution < 1.29 is 30.0 Å². The predicted octanol–water partition coefficient (Wildman–Crippen LogP) is 2.90. The molecule has 5 atom stereocenters.